The first-order valence-electron chi connectivity index (χ1n) is 7.01. The van der Waals surface area contributed by atoms with Gasteiger partial charge < -0.3 is 14.6 Å². The Morgan fingerprint density at radius 1 is 1.30 bits per heavy atom. The van der Waals surface area contributed by atoms with Gasteiger partial charge in [-0.2, -0.15) is 0 Å². The van der Waals surface area contributed by atoms with E-state index in [2.05, 4.69) is 52.3 Å². The van der Waals surface area contributed by atoms with Crippen molar-refractivity contribution in [2.24, 2.45) is 0 Å². The van der Waals surface area contributed by atoms with Gasteiger partial charge in [-0.3, -0.25) is 0 Å². The third-order valence-electron chi connectivity index (χ3n) is 3.14. The molecule has 1 heterocycles. The fourth-order valence-corrected chi connectivity index (χ4v) is 2.23. The van der Waals surface area contributed by atoms with Gasteiger partial charge in [0.2, 0.25) is 5.95 Å². The summed E-state index contributed by atoms with van der Waals surface area (Å²) >= 11 is 0. The van der Waals surface area contributed by atoms with Crippen molar-refractivity contribution in [1.29, 1.82) is 0 Å². The maximum Gasteiger partial charge on any atom is 0.203 e. The average molecular weight is 273 g/mol. The summed E-state index contributed by atoms with van der Waals surface area (Å²) in [5.41, 5.74) is 3.61. The number of methoxy groups -OCH3 is 1. The summed E-state index contributed by atoms with van der Waals surface area (Å²) in [6, 6.07) is 8.58. The number of hydrogen-bond donors (Lipinski definition) is 1. The lowest BCUT2D eigenvalue weighted by atomic mass is 10.1. The van der Waals surface area contributed by atoms with Crippen LogP contribution in [0.5, 0.6) is 0 Å². The number of ether oxygens (including phenoxy) is 1. The Balaban J connectivity index is 2.03. The smallest absolute Gasteiger partial charge is 0.203 e. The molecular formula is C16H23N3O. The van der Waals surface area contributed by atoms with Gasteiger partial charge in [0.05, 0.1) is 12.2 Å². The van der Waals surface area contributed by atoms with Crippen LogP contribution in [0.15, 0.2) is 30.5 Å². The molecular weight excluding hydrogens is 250 g/mol. The van der Waals surface area contributed by atoms with Crippen molar-refractivity contribution in [2.75, 3.05) is 25.6 Å². The minimum Gasteiger partial charge on any atom is -0.385 e. The second-order valence-corrected chi connectivity index (χ2v) is 5.10. The van der Waals surface area contributed by atoms with Crippen molar-refractivity contribution in [3.05, 3.63) is 47.3 Å². The van der Waals surface area contributed by atoms with Gasteiger partial charge in [-0.25, -0.2) is 4.98 Å². The van der Waals surface area contributed by atoms with Gasteiger partial charge in [-0.1, -0.05) is 29.8 Å². The summed E-state index contributed by atoms with van der Waals surface area (Å²) in [4.78, 5) is 4.54. The molecule has 0 aliphatic heterocycles. The summed E-state index contributed by atoms with van der Waals surface area (Å²) in [5.74, 6) is 0.931. The average Bonchev–Trinajstić information content (AvgIpc) is 2.75. The lowest BCUT2D eigenvalue weighted by Gasteiger charge is -2.10. The zero-order chi connectivity index (χ0) is 14.4. The van der Waals surface area contributed by atoms with Gasteiger partial charge >= 0.3 is 0 Å². The van der Waals surface area contributed by atoms with Crippen LogP contribution in [0, 0.1) is 13.8 Å². The van der Waals surface area contributed by atoms with Crippen molar-refractivity contribution in [2.45, 2.75) is 26.8 Å². The van der Waals surface area contributed by atoms with Crippen molar-refractivity contribution < 1.29 is 4.74 Å². The minimum atomic E-state index is 0.768. The third kappa shape index (κ3) is 4.10. The lowest BCUT2D eigenvalue weighted by Crippen LogP contribution is -2.10. The Morgan fingerprint density at radius 2 is 2.15 bits per heavy atom. The zero-order valence-corrected chi connectivity index (χ0v) is 12.5. The highest BCUT2D eigenvalue weighted by Gasteiger charge is 2.05. The number of anilines is 1. The first-order chi connectivity index (χ1) is 9.69. The van der Waals surface area contributed by atoms with Crippen LogP contribution >= 0.6 is 0 Å². The molecule has 0 unspecified atom stereocenters. The monoisotopic (exact) mass is 273 g/mol. The molecule has 1 aromatic carbocycles. The number of rotatable bonds is 7. The molecule has 4 nitrogen and oxygen atoms in total. The van der Waals surface area contributed by atoms with Crippen molar-refractivity contribution in [3.8, 4) is 0 Å². The van der Waals surface area contributed by atoms with E-state index in [0.29, 0.717) is 0 Å². The predicted octanol–water partition coefficient (Wildman–Crippen LogP) is 3.00. The van der Waals surface area contributed by atoms with Gasteiger partial charge in [-0.15, -0.1) is 0 Å². The van der Waals surface area contributed by atoms with Crippen LogP contribution in [0.1, 0.15) is 23.2 Å². The molecule has 1 N–H and O–H groups in total. The normalized spacial score (nSPS) is 10.8. The highest BCUT2D eigenvalue weighted by molar-refractivity contribution is 5.31. The third-order valence-corrected chi connectivity index (χ3v) is 3.14. The second kappa shape index (κ2) is 7.10. The maximum absolute atomic E-state index is 5.06. The Hall–Kier alpha value is -1.81. The Kier molecular flexibility index (Phi) is 5.18. The fraction of sp³-hybridized carbons (Fsp3) is 0.438. The number of hydrogen-bond acceptors (Lipinski definition) is 3. The van der Waals surface area contributed by atoms with E-state index in [1.54, 1.807) is 7.11 Å². The molecule has 20 heavy (non-hydrogen) atoms. The topological polar surface area (TPSA) is 39.1 Å². The molecule has 0 amide bonds. The predicted molar refractivity (Wildman–Crippen MR) is 82.2 cm³/mol. The van der Waals surface area contributed by atoms with Crippen LogP contribution in [0.4, 0.5) is 5.95 Å². The molecule has 2 aromatic rings. The summed E-state index contributed by atoms with van der Waals surface area (Å²) in [7, 11) is 1.73. The summed E-state index contributed by atoms with van der Waals surface area (Å²) in [5, 5.41) is 3.38. The molecule has 0 radical (unpaired) electrons. The quantitative estimate of drug-likeness (QED) is 0.788. The van der Waals surface area contributed by atoms with Gasteiger partial charge in [0, 0.05) is 26.5 Å². The van der Waals surface area contributed by atoms with Crippen LogP contribution in [0.3, 0.4) is 0 Å². The van der Waals surface area contributed by atoms with E-state index in [0.717, 1.165) is 37.8 Å². The highest BCUT2D eigenvalue weighted by atomic mass is 16.5. The summed E-state index contributed by atoms with van der Waals surface area (Å²) in [6.07, 6.45) is 3.06. The van der Waals surface area contributed by atoms with Crippen LogP contribution in [0.2, 0.25) is 0 Å². The van der Waals surface area contributed by atoms with Gasteiger partial charge in [0.15, 0.2) is 0 Å². The molecule has 0 spiro atoms. The Labute approximate surface area is 120 Å². The summed E-state index contributed by atoms with van der Waals surface area (Å²) in [6.45, 7) is 6.62. The number of benzene rings is 1. The number of imidazole rings is 1. The minimum absolute atomic E-state index is 0.768. The molecule has 4 heteroatoms. The van der Waals surface area contributed by atoms with Crippen LogP contribution in [-0.4, -0.2) is 29.8 Å². The molecule has 108 valence electrons. The Bertz CT molecular complexity index is 548. The highest BCUT2D eigenvalue weighted by Crippen LogP contribution is 2.13. The molecule has 0 saturated carbocycles. The maximum atomic E-state index is 5.06. The molecule has 0 saturated heterocycles. The Morgan fingerprint density at radius 3 is 2.90 bits per heavy atom. The molecule has 0 atom stereocenters. The van der Waals surface area contributed by atoms with E-state index in [1.807, 2.05) is 6.92 Å². The first-order valence-corrected chi connectivity index (χ1v) is 7.01. The van der Waals surface area contributed by atoms with E-state index >= 15 is 0 Å². The van der Waals surface area contributed by atoms with E-state index in [4.69, 9.17) is 4.74 Å². The molecule has 0 fully saturated rings. The largest absolute Gasteiger partial charge is 0.385 e. The molecule has 2 rings (SSSR count). The molecule has 1 aromatic heterocycles. The van der Waals surface area contributed by atoms with Crippen LogP contribution in [-0.2, 0) is 11.3 Å². The standard InChI is InChI=1S/C16H23N3O/c1-13-6-4-7-15(10-13)12-19-11-14(2)18-16(19)17-8-5-9-20-3/h4,6-7,10-11H,5,8-9,12H2,1-3H3,(H,17,18). The van der Waals surface area contributed by atoms with Gasteiger partial charge in [0.25, 0.3) is 0 Å². The molecule has 0 aliphatic rings. The van der Waals surface area contributed by atoms with Crippen LogP contribution in [0.25, 0.3) is 0 Å². The SMILES string of the molecule is COCCCNc1nc(C)cn1Cc1cccc(C)c1. The number of aromatic nitrogens is 2. The molecule has 0 aliphatic carbocycles. The van der Waals surface area contributed by atoms with Gasteiger partial charge in [-0.05, 0) is 25.8 Å². The zero-order valence-electron chi connectivity index (χ0n) is 12.5. The van der Waals surface area contributed by atoms with Crippen molar-refractivity contribution in [3.63, 3.8) is 0 Å². The fourth-order valence-electron chi connectivity index (χ4n) is 2.23. The van der Waals surface area contributed by atoms with E-state index in [9.17, 15) is 0 Å². The van der Waals surface area contributed by atoms with E-state index < -0.39 is 0 Å². The second-order valence-electron chi connectivity index (χ2n) is 5.10. The van der Waals surface area contributed by atoms with Crippen LogP contribution < -0.4 is 5.32 Å². The van der Waals surface area contributed by atoms with Crippen molar-refractivity contribution >= 4 is 5.95 Å². The number of nitrogens with zero attached hydrogens (tertiary/aromatic N) is 2. The number of aryl methyl sites for hydroxylation is 2. The van der Waals surface area contributed by atoms with E-state index in [-0.39, 0.29) is 0 Å². The number of nitrogens with one attached hydrogen (secondary N) is 1. The van der Waals surface area contributed by atoms with E-state index in [1.165, 1.54) is 11.1 Å². The summed E-state index contributed by atoms with van der Waals surface area (Å²) < 4.78 is 7.22. The van der Waals surface area contributed by atoms with Gasteiger partial charge in [0.1, 0.15) is 0 Å². The first kappa shape index (κ1) is 14.6. The molecule has 0 bridgehead atoms. The van der Waals surface area contributed by atoms with Crippen molar-refractivity contribution in [1.82, 2.24) is 9.55 Å². The lowest BCUT2D eigenvalue weighted by molar-refractivity contribution is 0.197.